The number of primary amides is 1. The minimum atomic E-state index is -0.929. The predicted octanol–water partition coefficient (Wildman–Crippen LogP) is -0.634. The molecule has 0 aromatic heterocycles. The number of nitrogens with two attached hydrogens (primary N) is 1. The van der Waals surface area contributed by atoms with Gasteiger partial charge in [-0.05, 0) is 13.5 Å². The van der Waals surface area contributed by atoms with Gasteiger partial charge in [0, 0.05) is 6.04 Å². The van der Waals surface area contributed by atoms with Gasteiger partial charge in [0.05, 0.1) is 13.0 Å². The molecule has 3 amide bonds. The molecule has 92 valence electrons. The number of amides is 3. The molecular weight excluding hydrogens is 214 g/mol. The molecule has 0 aromatic rings. The van der Waals surface area contributed by atoms with E-state index in [1.165, 1.54) is 0 Å². The summed E-state index contributed by atoms with van der Waals surface area (Å²) in [6, 6.07) is -1.19. The zero-order chi connectivity index (χ0) is 12.7. The maximum Gasteiger partial charge on any atom is 0.318 e. The summed E-state index contributed by atoms with van der Waals surface area (Å²) in [5.74, 6) is -1.46. The summed E-state index contributed by atoms with van der Waals surface area (Å²) < 4.78 is 0. The maximum atomic E-state index is 11.2. The fourth-order valence-electron chi connectivity index (χ4n) is 1.32. The molecule has 0 saturated heterocycles. The van der Waals surface area contributed by atoms with Gasteiger partial charge in [-0.3, -0.25) is 19.8 Å². The predicted molar refractivity (Wildman–Crippen MR) is 56.7 cm³/mol. The summed E-state index contributed by atoms with van der Waals surface area (Å²) in [5.41, 5.74) is 4.78. The van der Waals surface area contributed by atoms with Crippen molar-refractivity contribution in [1.82, 2.24) is 10.2 Å². The molecule has 0 spiro atoms. The summed E-state index contributed by atoms with van der Waals surface area (Å²) >= 11 is 0. The highest BCUT2D eigenvalue weighted by atomic mass is 16.4. The Kier molecular flexibility index (Phi) is 6.09. The van der Waals surface area contributed by atoms with Crippen molar-refractivity contribution in [3.05, 3.63) is 0 Å². The first-order valence-electron chi connectivity index (χ1n) is 4.92. The van der Waals surface area contributed by atoms with Crippen LogP contribution in [0.25, 0.3) is 0 Å². The highest BCUT2D eigenvalue weighted by Crippen LogP contribution is 2.02. The van der Waals surface area contributed by atoms with E-state index in [1.807, 2.05) is 5.32 Å². The Hall–Kier alpha value is -1.63. The lowest BCUT2D eigenvalue weighted by Crippen LogP contribution is -2.45. The van der Waals surface area contributed by atoms with Gasteiger partial charge in [-0.1, -0.05) is 6.92 Å². The second-order valence-corrected chi connectivity index (χ2v) is 3.42. The summed E-state index contributed by atoms with van der Waals surface area (Å²) in [6.45, 7) is 3.97. The third kappa shape index (κ3) is 5.97. The van der Waals surface area contributed by atoms with E-state index in [0.717, 1.165) is 0 Å². The number of hydrogen-bond donors (Lipinski definition) is 3. The maximum absolute atomic E-state index is 11.2. The van der Waals surface area contributed by atoms with E-state index >= 15 is 0 Å². The fraction of sp³-hybridized carbons (Fsp3) is 0.667. The Labute approximate surface area is 93.6 Å². The summed E-state index contributed by atoms with van der Waals surface area (Å²) in [4.78, 5) is 33.8. The number of nitrogens with one attached hydrogen (secondary N) is 1. The quantitative estimate of drug-likeness (QED) is 0.563. The van der Waals surface area contributed by atoms with E-state index in [1.54, 1.807) is 18.7 Å². The number of carboxylic acid groups (broad SMARTS) is 1. The zero-order valence-corrected chi connectivity index (χ0v) is 9.40. The summed E-state index contributed by atoms with van der Waals surface area (Å²) in [5, 5.41) is 10.5. The van der Waals surface area contributed by atoms with Gasteiger partial charge in [-0.2, -0.15) is 0 Å². The van der Waals surface area contributed by atoms with E-state index in [2.05, 4.69) is 0 Å². The van der Waals surface area contributed by atoms with Gasteiger partial charge >= 0.3 is 12.0 Å². The molecule has 0 aromatic carbocycles. The van der Waals surface area contributed by atoms with Crippen LogP contribution in [0.1, 0.15) is 20.3 Å². The standard InChI is InChI=1S/C9H17N3O4/c1-3-12(6(2)4-8(14)15)5-7(13)11-9(10)16/h6H,3-5H2,1-2H3,(H,14,15)(H3,10,11,13,16). The van der Waals surface area contributed by atoms with Crippen LogP contribution < -0.4 is 11.1 Å². The first-order chi connectivity index (χ1) is 7.36. The largest absolute Gasteiger partial charge is 0.481 e. The Morgan fingerprint density at radius 1 is 1.44 bits per heavy atom. The number of hydrogen-bond acceptors (Lipinski definition) is 4. The average Bonchev–Trinajstić information content (AvgIpc) is 2.11. The highest BCUT2D eigenvalue weighted by Gasteiger charge is 2.18. The molecule has 0 fully saturated rings. The van der Waals surface area contributed by atoms with E-state index < -0.39 is 17.9 Å². The number of aliphatic carboxylic acids is 1. The van der Waals surface area contributed by atoms with Crippen LogP contribution in [0.15, 0.2) is 0 Å². The van der Waals surface area contributed by atoms with E-state index in [-0.39, 0.29) is 19.0 Å². The van der Waals surface area contributed by atoms with Crippen LogP contribution in [0.2, 0.25) is 0 Å². The molecule has 4 N–H and O–H groups in total. The lowest BCUT2D eigenvalue weighted by molar-refractivity contribution is -0.138. The van der Waals surface area contributed by atoms with E-state index in [9.17, 15) is 14.4 Å². The Balaban J connectivity index is 4.23. The van der Waals surface area contributed by atoms with Crippen molar-refractivity contribution < 1.29 is 19.5 Å². The molecule has 0 aliphatic rings. The fourth-order valence-corrected chi connectivity index (χ4v) is 1.32. The molecule has 0 saturated carbocycles. The molecule has 1 atom stereocenters. The first kappa shape index (κ1) is 14.4. The van der Waals surface area contributed by atoms with Crippen molar-refractivity contribution in [2.75, 3.05) is 13.1 Å². The summed E-state index contributed by atoms with van der Waals surface area (Å²) in [6.07, 6.45) is -0.0578. The van der Waals surface area contributed by atoms with Crippen LogP contribution >= 0.6 is 0 Å². The van der Waals surface area contributed by atoms with Gasteiger partial charge in [-0.25, -0.2) is 4.79 Å². The first-order valence-corrected chi connectivity index (χ1v) is 4.92. The second kappa shape index (κ2) is 6.78. The van der Waals surface area contributed by atoms with Crippen LogP contribution in [0.5, 0.6) is 0 Å². The van der Waals surface area contributed by atoms with Crippen LogP contribution in [-0.4, -0.2) is 47.0 Å². The van der Waals surface area contributed by atoms with Gasteiger partial charge < -0.3 is 10.8 Å². The molecule has 16 heavy (non-hydrogen) atoms. The van der Waals surface area contributed by atoms with Crippen LogP contribution in [-0.2, 0) is 9.59 Å². The smallest absolute Gasteiger partial charge is 0.318 e. The molecule has 7 nitrogen and oxygen atoms in total. The number of likely N-dealkylation sites (N-methyl/N-ethyl adjacent to an activating group) is 1. The Morgan fingerprint density at radius 3 is 2.38 bits per heavy atom. The lowest BCUT2D eigenvalue weighted by atomic mass is 10.2. The number of carbonyl (C=O) groups excluding carboxylic acids is 2. The molecule has 0 aliphatic carbocycles. The average molecular weight is 231 g/mol. The Bertz CT molecular complexity index is 280. The van der Waals surface area contributed by atoms with Crippen LogP contribution in [0, 0.1) is 0 Å². The lowest BCUT2D eigenvalue weighted by Gasteiger charge is -2.25. The van der Waals surface area contributed by atoms with E-state index in [0.29, 0.717) is 6.54 Å². The highest BCUT2D eigenvalue weighted by molar-refractivity contribution is 5.94. The molecule has 7 heteroatoms. The molecular formula is C9H17N3O4. The summed E-state index contributed by atoms with van der Waals surface area (Å²) in [7, 11) is 0. The zero-order valence-electron chi connectivity index (χ0n) is 9.40. The third-order valence-corrected chi connectivity index (χ3v) is 2.11. The molecule has 0 radical (unpaired) electrons. The number of imide groups is 1. The minimum Gasteiger partial charge on any atom is -0.481 e. The second-order valence-electron chi connectivity index (χ2n) is 3.42. The number of rotatable bonds is 6. The molecule has 0 rings (SSSR count). The molecule has 0 heterocycles. The van der Waals surface area contributed by atoms with Crippen molar-refractivity contribution in [3.8, 4) is 0 Å². The van der Waals surface area contributed by atoms with Gasteiger partial charge in [0.1, 0.15) is 0 Å². The van der Waals surface area contributed by atoms with Gasteiger partial charge in [0.2, 0.25) is 5.91 Å². The van der Waals surface area contributed by atoms with Crippen LogP contribution in [0.4, 0.5) is 4.79 Å². The number of carboxylic acids is 1. The topological polar surface area (TPSA) is 113 Å². The normalized spacial score (nSPS) is 12.2. The van der Waals surface area contributed by atoms with Crippen molar-refractivity contribution >= 4 is 17.9 Å². The van der Waals surface area contributed by atoms with Gasteiger partial charge in [-0.15, -0.1) is 0 Å². The van der Waals surface area contributed by atoms with Crippen molar-refractivity contribution in [1.29, 1.82) is 0 Å². The van der Waals surface area contributed by atoms with Crippen molar-refractivity contribution in [2.24, 2.45) is 5.73 Å². The number of urea groups is 1. The minimum absolute atomic E-state index is 0.0477. The van der Waals surface area contributed by atoms with Gasteiger partial charge in [0.25, 0.3) is 0 Å². The molecule has 0 bridgehead atoms. The Morgan fingerprint density at radius 2 is 2.00 bits per heavy atom. The molecule has 0 aliphatic heterocycles. The number of carbonyl (C=O) groups is 3. The van der Waals surface area contributed by atoms with Crippen LogP contribution in [0.3, 0.4) is 0 Å². The van der Waals surface area contributed by atoms with Crippen molar-refractivity contribution in [3.63, 3.8) is 0 Å². The van der Waals surface area contributed by atoms with E-state index in [4.69, 9.17) is 10.8 Å². The van der Waals surface area contributed by atoms with Gasteiger partial charge in [0.15, 0.2) is 0 Å². The molecule has 1 unspecified atom stereocenters. The SMILES string of the molecule is CCN(CC(=O)NC(N)=O)C(C)CC(=O)O. The van der Waals surface area contributed by atoms with Crippen molar-refractivity contribution in [2.45, 2.75) is 26.3 Å². The number of nitrogens with zero attached hydrogens (tertiary/aromatic N) is 1. The third-order valence-electron chi connectivity index (χ3n) is 2.11. The monoisotopic (exact) mass is 231 g/mol.